The number of carboxylic acids is 2. The number of rotatable bonds is 5. The van der Waals surface area contributed by atoms with Crippen molar-refractivity contribution < 1.29 is 24.5 Å². The van der Waals surface area contributed by atoms with Crippen molar-refractivity contribution in [2.75, 3.05) is 13.2 Å². The molecule has 70 valence electrons. The lowest BCUT2D eigenvalue weighted by atomic mass is 9.92. The molecule has 0 atom stereocenters. The van der Waals surface area contributed by atoms with Gasteiger partial charge in [0.25, 0.3) is 0 Å². The van der Waals surface area contributed by atoms with E-state index in [-0.39, 0.29) is 6.61 Å². The predicted octanol–water partition coefficient (Wildman–Crippen LogP) is 0.198. The number of carbonyl (C=O) groups is 2. The van der Waals surface area contributed by atoms with E-state index in [4.69, 9.17) is 14.9 Å². The zero-order valence-electron chi connectivity index (χ0n) is 7.03. The summed E-state index contributed by atoms with van der Waals surface area (Å²) in [6.45, 7) is 2.78. The Hall–Kier alpha value is -1.10. The summed E-state index contributed by atoms with van der Waals surface area (Å²) in [7, 11) is 0. The second-order valence-electron chi connectivity index (χ2n) is 2.58. The first-order valence-corrected chi connectivity index (χ1v) is 3.49. The molecular formula is C7H12O5. The van der Waals surface area contributed by atoms with Crippen LogP contribution >= 0.6 is 0 Å². The molecule has 12 heavy (non-hydrogen) atoms. The molecule has 0 amide bonds. The highest BCUT2D eigenvalue weighted by atomic mass is 16.5. The minimum Gasteiger partial charge on any atom is -0.480 e. The summed E-state index contributed by atoms with van der Waals surface area (Å²) < 4.78 is 4.76. The first kappa shape index (κ1) is 10.9. The zero-order chi connectivity index (χ0) is 9.78. The summed E-state index contributed by atoms with van der Waals surface area (Å²) in [5.41, 5.74) is -1.84. The van der Waals surface area contributed by atoms with Crippen LogP contribution in [0.3, 0.4) is 0 Å². The Morgan fingerprint density at radius 3 is 2.00 bits per heavy atom. The van der Waals surface area contributed by atoms with Crippen LogP contribution in [0.1, 0.15) is 13.8 Å². The molecule has 2 N–H and O–H groups in total. The highest BCUT2D eigenvalue weighted by Gasteiger charge is 2.41. The number of hydrogen-bond donors (Lipinski definition) is 2. The molecule has 0 aromatic rings. The van der Waals surface area contributed by atoms with E-state index in [2.05, 4.69) is 0 Å². The molecule has 0 aliphatic rings. The number of aliphatic carboxylic acids is 2. The van der Waals surface area contributed by atoms with Crippen LogP contribution in [-0.4, -0.2) is 35.4 Å². The van der Waals surface area contributed by atoms with Crippen molar-refractivity contribution in [2.45, 2.75) is 13.8 Å². The number of hydrogen-bond acceptors (Lipinski definition) is 3. The van der Waals surface area contributed by atoms with Gasteiger partial charge in [0.1, 0.15) is 0 Å². The van der Waals surface area contributed by atoms with Crippen LogP contribution in [0, 0.1) is 5.41 Å². The normalized spacial score (nSPS) is 11.2. The summed E-state index contributed by atoms with van der Waals surface area (Å²) >= 11 is 0. The topological polar surface area (TPSA) is 83.8 Å². The monoisotopic (exact) mass is 176 g/mol. The van der Waals surface area contributed by atoms with Gasteiger partial charge in [-0.1, -0.05) is 0 Å². The van der Waals surface area contributed by atoms with Gasteiger partial charge in [0.15, 0.2) is 5.41 Å². The molecule has 0 unspecified atom stereocenters. The van der Waals surface area contributed by atoms with Crippen LogP contribution in [0.15, 0.2) is 0 Å². The average molecular weight is 176 g/mol. The molecular weight excluding hydrogens is 164 g/mol. The van der Waals surface area contributed by atoms with Crippen LogP contribution in [-0.2, 0) is 14.3 Å². The fourth-order valence-electron chi connectivity index (χ4n) is 0.521. The molecule has 0 aromatic carbocycles. The molecule has 0 bridgehead atoms. The van der Waals surface area contributed by atoms with E-state index in [0.29, 0.717) is 6.61 Å². The molecule has 0 saturated heterocycles. The minimum atomic E-state index is -1.84. The van der Waals surface area contributed by atoms with Crippen molar-refractivity contribution in [3.63, 3.8) is 0 Å². The van der Waals surface area contributed by atoms with E-state index in [1.807, 2.05) is 0 Å². The van der Waals surface area contributed by atoms with Crippen LogP contribution in [0.2, 0.25) is 0 Å². The number of carboxylic acid groups (broad SMARTS) is 2. The Labute approximate surface area is 70.0 Å². The van der Waals surface area contributed by atoms with Gasteiger partial charge < -0.3 is 14.9 Å². The Morgan fingerprint density at radius 1 is 1.33 bits per heavy atom. The lowest BCUT2D eigenvalue weighted by Crippen LogP contribution is -2.40. The molecule has 0 saturated carbocycles. The smallest absolute Gasteiger partial charge is 0.323 e. The molecule has 0 fully saturated rings. The lowest BCUT2D eigenvalue weighted by molar-refractivity contribution is -0.167. The Kier molecular flexibility index (Phi) is 3.69. The van der Waals surface area contributed by atoms with Gasteiger partial charge in [-0.25, -0.2) is 0 Å². The van der Waals surface area contributed by atoms with Crippen molar-refractivity contribution in [3.05, 3.63) is 0 Å². The standard InChI is InChI=1S/C7H12O5/c1-3-12-4-7(2,5(8)9)6(10)11/h3-4H2,1-2H3,(H,8,9)(H,10,11). The summed E-state index contributed by atoms with van der Waals surface area (Å²) in [4.78, 5) is 21.0. The SMILES string of the molecule is CCOCC(C)(C(=O)O)C(=O)O. The summed E-state index contributed by atoms with van der Waals surface area (Å²) in [5, 5.41) is 17.1. The van der Waals surface area contributed by atoms with E-state index in [9.17, 15) is 9.59 Å². The largest absolute Gasteiger partial charge is 0.480 e. The van der Waals surface area contributed by atoms with Crippen molar-refractivity contribution in [1.82, 2.24) is 0 Å². The first-order valence-electron chi connectivity index (χ1n) is 3.49. The quantitative estimate of drug-likeness (QED) is 0.584. The van der Waals surface area contributed by atoms with Gasteiger partial charge in [0.05, 0.1) is 6.61 Å². The van der Waals surface area contributed by atoms with Gasteiger partial charge in [-0.05, 0) is 13.8 Å². The second-order valence-corrected chi connectivity index (χ2v) is 2.58. The zero-order valence-corrected chi connectivity index (χ0v) is 7.03. The molecule has 0 radical (unpaired) electrons. The average Bonchev–Trinajstić information content (AvgIpc) is 1.99. The molecule has 0 aliphatic carbocycles. The van der Waals surface area contributed by atoms with Gasteiger partial charge in [0, 0.05) is 6.61 Å². The molecule has 0 aliphatic heterocycles. The Bertz CT molecular complexity index is 172. The van der Waals surface area contributed by atoms with Crippen molar-refractivity contribution in [2.24, 2.45) is 5.41 Å². The fraction of sp³-hybridized carbons (Fsp3) is 0.714. The highest BCUT2D eigenvalue weighted by Crippen LogP contribution is 2.17. The van der Waals surface area contributed by atoms with E-state index in [0.717, 1.165) is 6.92 Å². The van der Waals surface area contributed by atoms with Gasteiger partial charge in [-0.3, -0.25) is 9.59 Å². The molecule has 0 aromatic heterocycles. The summed E-state index contributed by atoms with van der Waals surface area (Å²) in [6, 6.07) is 0. The molecule has 0 heterocycles. The molecule has 0 spiro atoms. The third-order valence-corrected chi connectivity index (χ3v) is 1.54. The maximum atomic E-state index is 10.5. The highest BCUT2D eigenvalue weighted by molar-refractivity contribution is 5.97. The maximum Gasteiger partial charge on any atom is 0.323 e. The van der Waals surface area contributed by atoms with E-state index in [1.54, 1.807) is 6.92 Å². The van der Waals surface area contributed by atoms with E-state index >= 15 is 0 Å². The van der Waals surface area contributed by atoms with Gasteiger partial charge in [-0.15, -0.1) is 0 Å². The molecule has 5 nitrogen and oxygen atoms in total. The third-order valence-electron chi connectivity index (χ3n) is 1.54. The predicted molar refractivity (Wildman–Crippen MR) is 39.9 cm³/mol. The summed E-state index contributed by atoms with van der Waals surface area (Å²) in [6.07, 6.45) is 0. The minimum absolute atomic E-state index is 0.302. The lowest BCUT2D eigenvalue weighted by Gasteiger charge is -2.18. The van der Waals surface area contributed by atoms with Crippen LogP contribution in [0.4, 0.5) is 0 Å². The van der Waals surface area contributed by atoms with Crippen LogP contribution < -0.4 is 0 Å². The second kappa shape index (κ2) is 4.06. The van der Waals surface area contributed by atoms with Crippen molar-refractivity contribution in [1.29, 1.82) is 0 Å². The summed E-state index contributed by atoms with van der Waals surface area (Å²) in [5.74, 6) is -2.77. The van der Waals surface area contributed by atoms with Gasteiger partial charge >= 0.3 is 11.9 Å². The molecule has 5 heteroatoms. The fourth-order valence-corrected chi connectivity index (χ4v) is 0.521. The maximum absolute atomic E-state index is 10.5. The Balaban J connectivity index is 4.40. The third kappa shape index (κ3) is 2.20. The van der Waals surface area contributed by atoms with Crippen molar-refractivity contribution >= 4 is 11.9 Å². The van der Waals surface area contributed by atoms with E-state index in [1.165, 1.54) is 0 Å². The van der Waals surface area contributed by atoms with Crippen molar-refractivity contribution in [3.8, 4) is 0 Å². The van der Waals surface area contributed by atoms with Crippen LogP contribution in [0.25, 0.3) is 0 Å². The van der Waals surface area contributed by atoms with Gasteiger partial charge in [0.2, 0.25) is 0 Å². The van der Waals surface area contributed by atoms with E-state index < -0.39 is 17.4 Å². The van der Waals surface area contributed by atoms with Gasteiger partial charge in [-0.2, -0.15) is 0 Å². The van der Waals surface area contributed by atoms with Crippen LogP contribution in [0.5, 0.6) is 0 Å². The number of ether oxygens (including phenoxy) is 1. The molecule has 0 rings (SSSR count). The Morgan fingerprint density at radius 2 is 1.75 bits per heavy atom. The first-order chi connectivity index (χ1) is 5.45.